The molecule has 0 radical (unpaired) electrons. The predicted octanol–water partition coefficient (Wildman–Crippen LogP) is 6.03. The summed E-state index contributed by atoms with van der Waals surface area (Å²) in [5, 5.41) is 4.02. The smallest absolute Gasteiger partial charge is 0.344 e. The van der Waals surface area contributed by atoms with E-state index in [0.717, 1.165) is 31.3 Å². The quantitative estimate of drug-likeness (QED) is 0.251. The molecule has 0 aliphatic heterocycles. The van der Waals surface area contributed by atoms with Crippen LogP contribution in [0.2, 0.25) is 0 Å². The van der Waals surface area contributed by atoms with Gasteiger partial charge in [-0.15, -0.1) is 0 Å². The highest BCUT2D eigenvalue weighted by Crippen LogP contribution is 2.46. The van der Waals surface area contributed by atoms with Crippen molar-refractivity contribution in [3.05, 3.63) is 72.8 Å². The minimum atomic E-state index is -0.430. The van der Waals surface area contributed by atoms with Crippen LogP contribution in [0.15, 0.2) is 82.6 Å². The zero-order valence-electron chi connectivity index (χ0n) is 19.6. The lowest BCUT2D eigenvalue weighted by molar-refractivity contribution is -0.146. The summed E-state index contributed by atoms with van der Waals surface area (Å²) in [6.07, 6.45) is 0. The van der Waals surface area contributed by atoms with E-state index in [9.17, 15) is 9.59 Å². The van der Waals surface area contributed by atoms with Crippen molar-refractivity contribution < 1.29 is 28.5 Å². The molecule has 0 aromatic heterocycles. The molecule has 7 heteroatoms. The Labute approximate surface area is 208 Å². The first-order valence-electron chi connectivity index (χ1n) is 11.4. The van der Waals surface area contributed by atoms with Gasteiger partial charge in [0.05, 0.1) is 23.0 Å². The van der Waals surface area contributed by atoms with Gasteiger partial charge in [0.2, 0.25) is 0 Å². The third-order valence-corrected chi connectivity index (χ3v) is 6.44. The van der Waals surface area contributed by atoms with E-state index in [1.54, 1.807) is 13.8 Å². The first kappa shape index (κ1) is 24.4. The molecular weight excluding hydrogens is 464 g/mol. The summed E-state index contributed by atoms with van der Waals surface area (Å²) >= 11 is 1.48. The first-order chi connectivity index (χ1) is 17.1. The van der Waals surface area contributed by atoms with Gasteiger partial charge in [-0.05, 0) is 47.5 Å². The Morgan fingerprint density at radius 3 is 1.49 bits per heavy atom. The number of ether oxygens (including phenoxy) is 4. The largest absolute Gasteiger partial charge is 0.481 e. The van der Waals surface area contributed by atoms with E-state index < -0.39 is 11.9 Å². The second-order valence-corrected chi connectivity index (χ2v) is 8.54. The molecule has 0 bridgehead atoms. The van der Waals surface area contributed by atoms with E-state index in [-0.39, 0.29) is 13.2 Å². The van der Waals surface area contributed by atoms with Crippen LogP contribution in [0.5, 0.6) is 11.5 Å². The fourth-order valence-corrected chi connectivity index (χ4v) is 4.92. The van der Waals surface area contributed by atoms with Crippen LogP contribution in [0.1, 0.15) is 13.8 Å². The third kappa shape index (κ3) is 5.87. The molecule has 0 N–H and O–H groups in total. The van der Waals surface area contributed by atoms with Gasteiger partial charge in [0.15, 0.2) is 13.2 Å². The van der Waals surface area contributed by atoms with Gasteiger partial charge in [-0.3, -0.25) is 0 Å². The Hall–Kier alpha value is -3.71. The lowest BCUT2D eigenvalue weighted by Crippen LogP contribution is -2.15. The van der Waals surface area contributed by atoms with Crippen LogP contribution in [0.25, 0.3) is 21.5 Å². The van der Waals surface area contributed by atoms with Gasteiger partial charge < -0.3 is 18.9 Å². The van der Waals surface area contributed by atoms with E-state index in [0.29, 0.717) is 24.7 Å². The maximum Gasteiger partial charge on any atom is 0.344 e. The number of fused-ring (bicyclic) bond motifs is 2. The van der Waals surface area contributed by atoms with Gasteiger partial charge in [-0.2, -0.15) is 0 Å². The summed E-state index contributed by atoms with van der Waals surface area (Å²) in [5.74, 6) is 0.262. The average molecular weight is 491 g/mol. The first-order valence-corrected chi connectivity index (χ1v) is 12.2. The fraction of sp³-hybridized carbons (Fsp3) is 0.214. The Morgan fingerprint density at radius 2 is 1.06 bits per heavy atom. The summed E-state index contributed by atoms with van der Waals surface area (Å²) < 4.78 is 21.9. The van der Waals surface area contributed by atoms with E-state index in [2.05, 4.69) is 0 Å². The molecule has 0 spiro atoms. The normalized spacial score (nSPS) is 10.8. The van der Waals surface area contributed by atoms with Gasteiger partial charge >= 0.3 is 11.9 Å². The lowest BCUT2D eigenvalue weighted by atomic mass is 10.1. The molecule has 0 saturated heterocycles. The van der Waals surface area contributed by atoms with Crippen LogP contribution in [-0.4, -0.2) is 38.4 Å². The maximum atomic E-state index is 12.0. The number of rotatable bonds is 10. The molecule has 0 amide bonds. The predicted molar refractivity (Wildman–Crippen MR) is 136 cm³/mol. The van der Waals surface area contributed by atoms with Crippen molar-refractivity contribution in [2.75, 3.05) is 26.4 Å². The van der Waals surface area contributed by atoms with Crippen LogP contribution in [0.3, 0.4) is 0 Å². The number of carbonyl (C=O) groups excluding carboxylic acids is 2. The Morgan fingerprint density at radius 1 is 0.629 bits per heavy atom. The zero-order chi connectivity index (χ0) is 24.6. The highest BCUT2D eigenvalue weighted by molar-refractivity contribution is 8.00. The monoisotopic (exact) mass is 490 g/mol. The number of esters is 2. The van der Waals surface area contributed by atoms with Gasteiger partial charge in [0.25, 0.3) is 0 Å². The molecule has 0 heterocycles. The Kier molecular flexibility index (Phi) is 8.11. The molecule has 4 aromatic rings. The molecule has 0 saturated carbocycles. The minimum Gasteiger partial charge on any atom is -0.481 e. The van der Waals surface area contributed by atoms with Crippen LogP contribution >= 0.6 is 11.8 Å². The van der Waals surface area contributed by atoms with Crippen molar-refractivity contribution in [3.8, 4) is 11.5 Å². The standard InChI is InChI=1S/C28H26O6S/c1-3-31-25(29)17-33-23-15-13-19-9-5-7-11-21(19)27(23)35-28-22-12-8-6-10-20(22)14-16-24(28)34-18-26(30)32-4-2/h5-16H,3-4,17-18H2,1-2H3. The van der Waals surface area contributed by atoms with Gasteiger partial charge in [0.1, 0.15) is 11.5 Å². The van der Waals surface area contributed by atoms with Gasteiger partial charge in [0, 0.05) is 0 Å². The minimum absolute atomic E-state index is 0.193. The molecule has 4 aromatic carbocycles. The maximum absolute atomic E-state index is 12.0. The van der Waals surface area contributed by atoms with E-state index in [4.69, 9.17) is 18.9 Å². The Bertz CT molecular complexity index is 1250. The molecule has 180 valence electrons. The number of carbonyl (C=O) groups is 2. The molecule has 0 unspecified atom stereocenters. The van der Waals surface area contributed by atoms with Crippen LogP contribution in [-0.2, 0) is 19.1 Å². The van der Waals surface area contributed by atoms with Crippen molar-refractivity contribution >= 4 is 45.2 Å². The van der Waals surface area contributed by atoms with Crippen LogP contribution in [0.4, 0.5) is 0 Å². The molecule has 0 fully saturated rings. The summed E-state index contributed by atoms with van der Waals surface area (Å²) in [4.78, 5) is 25.6. The SMILES string of the molecule is CCOC(=O)COc1ccc2ccccc2c1Sc1c(OCC(=O)OCC)ccc2ccccc12. The van der Waals surface area contributed by atoms with Crippen molar-refractivity contribution in [1.82, 2.24) is 0 Å². The zero-order valence-corrected chi connectivity index (χ0v) is 20.4. The van der Waals surface area contributed by atoms with Crippen LogP contribution in [0, 0.1) is 0 Å². The van der Waals surface area contributed by atoms with E-state index >= 15 is 0 Å². The summed E-state index contributed by atoms with van der Waals surface area (Å²) in [6.45, 7) is 3.71. The van der Waals surface area contributed by atoms with Crippen molar-refractivity contribution in [1.29, 1.82) is 0 Å². The number of benzene rings is 4. The topological polar surface area (TPSA) is 71.1 Å². The van der Waals surface area contributed by atoms with Gasteiger partial charge in [-0.25, -0.2) is 9.59 Å². The lowest BCUT2D eigenvalue weighted by Gasteiger charge is -2.17. The van der Waals surface area contributed by atoms with Gasteiger partial charge in [-0.1, -0.05) is 72.4 Å². The molecule has 0 aliphatic carbocycles. The number of hydrogen-bond donors (Lipinski definition) is 0. The molecule has 35 heavy (non-hydrogen) atoms. The number of hydrogen-bond acceptors (Lipinski definition) is 7. The second kappa shape index (κ2) is 11.6. The molecule has 0 atom stereocenters. The van der Waals surface area contributed by atoms with Crippen LogP contribution < -0.4 is 9.47 Å². The highest BCUT2D eigenvalue weighted by atomic mass is 32.2. The summed E-state index contributed by atoms with van der Waals surface area (Å²) in [7, 11) is 0. The summed E-state index contributed by atoms with van der Waals surface area (Å²) in [6, 6.07) is 23.6. The fourth-order valence-electron chi connectivity index (χ4n) is 3.66. The van der Waals surface area contributed by atoms with Crippen molar-refractivity contribution in [2.24, 2.45) is 0 Å². The molecule has 0 aliphatic rings. The molecule has 6 nitrogen and oxygen atoms in total. The molecule has 4 rings (SSSR count). The second-order valence-electron chi connectivity index (χ2n) is 7.52. The average Bonchev–Trinajstić information content (AvgIpc) is 2.88. The third-order valence-electron chi connectivity index (χ3n) is 5.19. The molecular formula is C28H26O6S. The van der Waals surface area contributed by atoms with E-state index in [1.165, 1.54) is 11.8 Å². The Balaban J connectivity index is 1.78. The van der Waals surface area contributed by atoms with Crippen molar-refractivity contribution in [3.63, 3.8) is 0 Å². The van der Waals surface area contributed by atoms with Crippen molar-refractivity contribution in [2.45, 2.75) is 23.6 Å². The summed E-state index contributed by atoms with van der Waals surface area (Å²) in [5.41, 5.74) is 0. The highest BCUT2D eigenvalue weighted by Gasteiger charge is 2.18. The van der Waals surface area contributed by atoms with E-state index in [1.807, 2.05) is 72.8 Å².